The minimum Gasteiger partial charge on any atom is -0.493 e. The minimum atomic E-state index is -0.434. The van der Waals surface area contributed by atoms with E-state index < -0.39 is 5.97 Å². The maximum atomic E-state index is 13.0. The number of methoxy groups -OCH3 is 1. The Kier molecular flexibility index (Phi) is 9.03. The van der Waals surface area contributed by atoms with Gasteiger partial charge in [0.15, 0.2) is 23.3 Å². The molecule has 0 saturated carbocycles. The first-order valence-electron chi connectivity index (χ1n) is 12.1. The van der Waals surface area contributed by atoms with Crippen LogP contribution in [0.3, 0.4) is 0 Å². The second-order valence-electron chi connectivity index (χ2n) is 8.30. The van der Waals surface area contributed by atoms with Crippen LogP contribution in [-0.2, 0) is 19.1 Å². The van der Waals surface area contributed by atoms with E-state index in [1.807, 2.05) is 0 Å². The van der Waals surface area contributed by atoms with E-state index in [9.17, 15) is 14.4 Å². The molecular formula is C27H29N3O7S. The van der Waals surface area contributed by atoms with Crippen molar-refractivity contribution in [3.05, 3.63) is 58.5 Å². The molecule has 0 spiro atoms. The number of carbonyl (C=O) groups excluding carboxylic acids is 3. The van der Waals surface area contributed by atoms with Gasteiger partial charge in [-0.1, -0.05) is 18.2 Å². The summed E-state index contributed by atoms with van der Waals surface area (Å²) in [5.41, 5.74) is 1.49. The van der Waals surface area contributed by atoms with Crippen molar-refractivity contribution in [2.45, 2.75) is 6.92 Å². The number of benzene rings is 2. The molecule has 11 heteroatoms. The summed E-state index contributed by atoms with van der Waals surface area (Å²) in [7, 11) is 3.15. The second kappa shape index (κ2) is 12.6. The van der Waals surface area contributed by atoms with Crippen molar-refractivity contribution in [3.8, 4) is 11.5 Å². The fourth-order valence-corrected chi connectivity index (χ4v) is 4.80. The Morgan fingerprint density at radius 3 is 2.66 bits per heavy atom. The smallest absolute Gasteiger partial charge is 0.338 e. The standard InChI is InChI=1S/C27H29N3O7S/c1-4-36-26(33)19-8-5-9-20(15-19)28-27-29(2)25(32)22(38-27)16-18-7-6-10-21(34-3)24(18)37-17-23(31)30-11-13-35-14-12-30/h5-10,15-16H,4,11-14,17H2,1-3H3. The van der Waals surface area contributed by atoms with Gasteiger partial charge >= 0.3 is 5.97 Å². The van der Waals surface area contributed by atoms with Crippen LogP contribution in [0, 0.1) is 0 Å². The average molecular weight is 540 g/mol. The van der Waals surface area contributed by atoms with Crippen LogP contribution in [0.5, 0.6) is 11.5 Å². The summed E-state index contributed by atoms with van der Waals surface area (Å²) in [4.78, 5) is 45.9. The summed E-state index contributed by atoms with van der Waals surface area (Å²) in [5, 5.41) is 0.454. The van der Waals surface area contributed by atoms with Gasteiger partial charge in [0, 0.05) is 25.7 Å². The summed E-state index contributed by atoms with van der Waals surface area (Å²) in [6.07, 6.45) is 1.69. The molecule has 2 aromatic rings. The summed E-state index contributed by atoms with van der Waals surface area (Å²) in [6, 6.07) is 12.0. The lowest BCUT2D eigenvalue weighted by atomic mass is 10.1. The van der Waals surface area contributed by atoms with Crippen LogP contribution in [-0.4, -0.2) is 86.4 Å². The maximum Gasteiger partial charge on any atom is 0.338 e. The number of ether oxygens (including phenoxy) is 4. The van der Waals surface area contributed by atoms with Gasteiger partial charge in [0.2, 0.25) is 0 Å². The van der Waals surface area contributed by atoms with Gasteiger partial charge in [-0.3, -0.25) is 14.5 Å². The van der Waals surface area contributed by atoms with Gasteiger partial charge < -0.3 is 23.8 Å². The van der Waals surface area contributed by atoms with E-state index in [-0.39, 0.29) is 25.0 Å². The number of para-hydroxylation sites is 1. The Labute approximate surface area is 225 Å². The molecule has 2 heterocycles. The van der Waals surface area contributed by atoms with Gasteiger partial charge in [0.25, 0.3) is 11.8 Å². The summed E-state index contributed by atoms with van der Waals surface area (Å²) in [6.45, 7) is 3.90. The predicted molar refractivity (Wildman–Crippen MR) is 144 cm³/mol. The number of hydrogen-bond acceptors (Lipinski definition) is 9. The van der Waals surface area contributed by atoms with Crippen LogP contribution in [0.15, 0.2) is 52.4 Å². The maximum absolute atomic E-state index is 13.0. The van der Waals surface area contributed by atoms with Gasteiger partial charge in [-0.25, -0.2) is 9.79 Å². The Hall–Kier alpha value is -3.83. The summed E-state index contributed by atoms with van der Waals surface area (Å²) in [5.74, 6) is -0.0108. The number of likely N-dealkylation sites (N-methyl/N-ethyl adjacent to an activating group) is 1. The second-order valence-corrected chi connectivity index (χ2v) is 9.31. The van der Waals surface area contributed by atoms with E-state index >= 15 is 0 Å². The van der Waals surface area contributed by atoms with Crippen molar-refractivity contribution in [1.29, 1.82) is 0 Å². The number of rotatable bonds is 8. The third kappa shape index (κ3) is 6.35. The number of amides is 2. The molecule has 2 aliphatic rings. The van der Waals surface area contributed by atoms with Crippen LogP contribution < -0.4 is 9.47 Å². The number of amidine groups is 1. The van der Waals surface area contributed by atoms with Crippen molar-refractivity contribution in [1.82, 2.24) is 9.80 Å². The molecule has 0 atom stereocenters. The van der Waals surface area contributed by atoms with Crippen LogP contribution in [0.25, 0.3) is 6.08 Å². The van der Waals surface area contributed by atoms with Gasteiger partial charge in [-0.2, -0.15) is 0 Å². The first-order valence-corrected chi connectivity index (χ1v) is 12.9. The quantitative estimate of drug-likeness (QED) is 0.371. The van der Waals surface area contributed by atoms with E-state index in [0.717, 1.165) is 0 Å². The summed E-state index contributed by atoms with van der Waals surface area (Å²) >= 11 is 1.20. The molecule has 2 aliphatic heterocycles. The molecule has 2 saturated heterocycles. The molecule has 2 amide bonds. The van der Waals surface area contributed by atoms with E-state index in [4.69, 9.17) is 18.9 Å². The fourth-order valence-electron chi connectivity index (χ4n) is 3.82. The van der Waals surface area contributed by atoms with Crippen LogP contribution in [0.1, 0.15) is 22.8 Å². The Morgan fingerprint density at radius 1 is 1.16 bits per heavy atom. The molecular weight excluding hydrogens is 510 g/mol. The lowest BCUT2D eigenvalue weighted by molar-refractivity contribution is -0.137. The van der Waals surface area contributed by atoms with E-state index in [2.05, 4.69) is 4.99 Å². The van der Waals surface area contributed by atoms with Crippen molar-refractivity contribution >= 4 is 46.5 Å². The highest BCUT2D eigenvalue weighted by molar-refractivity contribution is 8.18. The third-order valence-electron chi connectivity index (χ3n) is 5.81. The molecule has 0 bridgehead atoms. The van der Waals surface area contributed by atoms with Crippen LogP contribution in [0.2, 0.25) is 0 Å². The van der Waals surface area contributed by atoms with Crippen LogP contribution in [0.4, 0.5) is 5.69 Å². The van der Waals surface area contributed by atoms with E-state index in [0.29, 0.717) is 64.7 Å². The number of morpholine rings is 1. The van der Waals surface area contributed by atoms with Crippen molar-refractivity contribution < 1.29 is 33.3 Å². The highest BCUT2D eigenvalue weighted by Crippen LogP contribution is 2.38. The fraction of sp³-hybridized carbons (Fsp3) is 0.333. The molecule has 200 valence electrons. The van der Waals surface area contributed by atoms with Crippen molar-refractivity contribution in [2.75, 3.05) is 53.7 Å². The number of nitrogens with zero attached hydrogens (tertiary/aromatic N) is 3. The van der Waals surface area contributed by atoms with Gasteiger partial charge in [0.05, 0.1) is 43.1 Å². The number of aliphatic imine (C=N–C) groups is 1. The minimum absolute atomic E-state index is 0.150. The normalized spacial score (nSPS) is 17.7. The topological polar surface area (TPSA) is 107 Å². The molecule has 2 aromatic carbocycles. The van der Waals surface area contributed by atoms with E-state index in [1.54, 1.807) is 67.4 Å². The number of carbonyl (C=O) groups is 3. The molecule has 0 radical (unpaired) electrons. The molecule has 38 heavy (non-hydrogen) atoms. The largest absolute Gasteiger partial charge is 0.493 e. The third-order valence-corrected chi connectivity index (χ3v) is 6.87. The van der Waals surface area contributed by atoms with Gasteiger partial charge in [0.1, 0.15) is 0 Å². The molecule has 0 aliphatic carbocycles. The monoisotopic (exact) mass is 539 g/mol. The lowest BCUT2D eigenvalue weighted by Crippen LogP contribution is -2.43. The van der Waals surface area contributed by atoms with Crippen molar-refractivity contribution in [3.63, 3.8) is 0 Å². The Bertz CT molecular complexity index is 1270. The number of hydrogen-bond donors (Lipinski definition) is 0. The zero-order valence-electron chi connectivity index (χ0n) is 21.5. The zero-order valence-corrected chi connectivity index (χ0v) is 22.3. The Morgan fingerprint density at radius 2 is 1.92 bits per heavy atom. The average Bonchev–Trinajstić information content (AvgIpc) is 3.20. The van der Waals surface area contributed by atoms with Gasteiger partial charge in [-0.15, -0.1) is 0 Å². The lowest BCUT2D eigenvalue weighted by Gasteiger charge is -2.27. The number of thioether (sulfide) groups is 1. The predicted octanol–water partition coefficient (Wildman–Crippen LogP) is 3.34. The number of esters is 1. The first kappa shape index (κ1) is 27.2. The molecule has 4 rings (SSSR count). The SMILES string of the molecule is CCOC(=O)c1cccc(N=C2SC(=Cc3cccc(OC)c3OCC(=O)N3CCOCC3)C(=O)N2C)c1. The molecule has 0 unspecified atom stereocenters. The molecule has 0 N–H and O–H groups in total. The molecule has 2 fully saturated rings. The highest BCUT2D eigenvalue weighted by Gasteiger charge is 2.31. The van der Waals surface area contributed by atoms with Gasteiger partial charge in [-0.05, 0) is 49.0 Å². The van der Waals surface area contributed by atoms with Crippen molar-refractivity contribution in [2.24, 2.45) is 4.99 Å². The summed E-state index contributed by atoms with van der Waals surface area (Å²) < 4.78 is 21.7. The van der Waals surface area contributed by atoms with Crippen LogP contribution >= 0.6 is 11.8 Å². The Balaban J connectivity index is 1.56. The molecule has 10 nitrogen and oxygen atoms in total. The first-order chi connectivity index (χ1) is 18.4. The zero-order chi connectivity index (χ0) is 27.1. The van der Waals surface area contributed by atoms with E-state index in [1.165, 1.54) is 23.8 Å². The molecule has 0 aromatic heterocycles. The highest BCUT2D eigenvalue weighted by atomic mass is 32.2.